The molecule has 2 rings (SSSR count). The van der Waals surface area contributed by atoms with Crippen LogP contribution in [0.3, 0.4) is 0 Å². The van der Waals surface area contributed by atoms with Crippen molar-refractivity contribution < 1.29 is 9.53 Å². The summed E-state index contributed by atoms with van der Waals surface area (Å²) in [5.74, 6) is 0.370. The molecule has 0 atom stereocenters. The lowest BCUT2D eigenvalue weighted by Crippen LogP contribution is -2.22. The highest BCUT2D eigenvalue weighted by molar-refractivity contribution is 6.01. The van der Waals surface area contributed by atoms with Crippen molar-refractivity contribution in [3.05, 3.63) is 51.9 Å². The Balaban J connectivity index is 2.85. The standard InChI is InChI=1S/C18H22N2O3/c1-18(2,3)14-9-12(11-7-6-8-20-17(11)22)13(16(21)19-4)10-15(14)23-5/h6-10H,1-5H3,(H,19,21)(H,20,22). The van der Waals surface area contributed by atoms with Gasteiger partial charge in [-0.25, -0.2) is 0 Å². The minimum atomic E-state index is -0.262. The minimum Gasteiger partial charge on any atom is -0.496 e. The Morgan fingerprint density at radius 3 is 2.43 bits per heavy atom. The number of rotatable bonds is 3. The number of ether oxygens (including phenoxy) is 1. The van der Waals surface area contributed by atoms with Crippen LogP contribution in [-0.2, 0) is 5.41 Å². The lowest BCUT2D eigenvalue weighted by Gasteiger charge is -2.24. The first-order valence-corrected chi connectivity index (χ1v) is 7.42. The Morgan fingerprint density at radius 2 is 1.91 bits per heavy atom. The summed E-state index contributed by atoms with van der Waals surface area (Å²) in [6.07, 6.45) is 1.57. The average molecular weight is 314 g/mol. The van der Waals surface area contributed by atoms with E-state index in [2.05, 4.69) is 31.1 Å². The topological polar surface area (TPSA) is 71.2 Å². The number of amides is 1. The third-order valence-corrected chi connectivity index (χ3v) is 3.73. The number of hydrogen-bond acceptors (Lipinski definition) is 3. The summed E-state index contributed by atoms with van der Waals surface area (Å²) in [5.41, 5.74) is 1.97. The second kappa shape index (κ2) is 6.28. The molecule has 0 aliphatic rings. The number of nitrogens with one attached hydrogen (secondary N) is 2. The number of aromatic amines is 1. The van der Waals surface area contributed by atoms with Crippen molar-refractivity contribution in [2.75, 3.05) is 14.2 Å². The zero-order valence-corrected chi connectivity index (χ0v) is 14.1. The molecule has 0 aliphatic heterocycles. The number of carbonyl (C=O) groups excluding carboxylic acids is 1. The number of aromatic nitrogens is 1. The Hall–Kier alpha value is -2.56. The molecule has 0 unspecified atom stereocenters. The molecule has 0 radical (unpaired) electrons. The third kappa shape index (κ3) is 3.28. The number of hydrogen-bond donors (Lipinski definition) is 2. The van der Waals surface area contributed by atoms with E-state index < -0.39 is 0 Å². The largest absolute Gasteiger partial charge is 0.496 e. The summed E-state index contributed by atoms with van der Waals surface area (Å²) >= 11 is 0. The van der Waals surface area contributed by atoms with Crippen LogP contribution in [0.5, 0.6) is 5.75 Å². The molecule has 2 N–H and O–H groups in total. The summed E-state index contributed by atoms with van der Waals surface area (Å²) in [7, 11) is 3.14. The first-order chi connectivity index (χ1) is 10.8. The van der Waals surface area contributed by atoms with Crippen LogP contribution in [0.2, 0.25) is 0 Å². The molecule has 0 fully saturated rings. The van der Waals surface area contributed by atoms with Crippen LogP contribution < -0.4 is 15.6 Å². The van der Waals surface area contributed by atoms with Crippen molar-refractivity contribution >= 4 is 5.91 Å². The molecule has 5 nitrogen and oxygen atoms in total. The maximum Gasteiger partial charge on any atom is 0.255 e. The minimum absolute atomic E-state index is 0.192. The predicted molar refractivity (Wildman–Crippen MR) is 91.1 cm³/mol. The maximum atomic E-state index is 12.3. The van der Waals surface area contributed by atoms with Crippen LogP contribution in [0.4, 0.5) is 0 Å². The molecule has 122 valence electrons. The van der Waals surface area contributed by atoms with E-state index in [0.717, 1.165) is 5.56 Å². The number of pyridine rings is 1. The van der Waals surface area contributed by atoms with Gasteiger partial charge in [0.05, 0.1) is 12.7 Å². The highest BCUT2D eigenvalue weighted by Gasteiger charge is 2.24. The van der Waals surface area contributed by atoms with Crippen LogP contribution >= 0.6 is 0 Å². The molecule has 0 spiro atoms. The van der Waals surface area contributed by atoms with Gasteiger partial charge < -0.3 is 15.0 Å². The Labute approximate surface area is 135 Å². The Bertz CT molecular complexity index is 786. The lowest BCUT2D eigenvalue weighted by molar-refractivity contribution is 0.0963. The van der Waals surface area contributed by atoms with Crippen molar-refractivity contribution in [2.24, 2.45) is 0 Å². The van der Waals surface area contributed by atoms with Gasteiger partial charge in [-0.15, -0.1) is 0 Å². The van der Waals surface area contributed by atoms with E-state index in [-0.39, 0.29) is 16.9 Å². The van der Waals surface area contributed by atoms with E-state index in [4.69, 9.17) is 4.74 Å². The Morgan fingerprint density at radius 1 is 1.22 bits per heavy atom. The summed E-state index contributed by atoms with van der Waals surface area (Å²) in [6.45, 7) is 6.18. The van der Waals surface area contributed by atoms with Crippen molar-refractivity contribution in [3.63, 3.8) is 0 Å². The number of benzene rings is 1. The quantitative estimate of drug-likeness (QED) is 0.915. The van der Waals surface area contributed by atoms with E-state index in [1.165, 1.54) is 0 Å². The molecule has 2 aromatic rings. The van der Waals surface area contributed by atoms with Crippen LogP contribution in [0, 0.1) is 0 Å². The SMILES string of the molecule is CNC(=O)c1cc(OC)c(C(C)(C)C)cc1-c1ccc[nH]c1=O. The first kappa shape index (κ1) is 16.8. The molecule has 0 aliphatic carbocycles. The first-order valence-electron chi connectivity index (χ1n) is 7.42. The van der Waals surface area contributed by atoms with E-state index >= 15 is 0 Å². The van der Waals surface area contributed by atoms with Crippen molar-refractivity contribution in [1.29, 1.82) is 0 Å². The van der Waals surface area contributed by atoms with Crippen molar-refractivity contribution in [2.45, 2.75) is 26.2 Å². The van der Waals surface area contributed by atoms with Gasteiger partial charge in [-0.05, 0) is 29.7 Å². The third-order valence-electron chi connectivity index (χ3n) is 3.73. The highest BCUT2D eigenvalue weighted by Crippen LogP contribution is 2.36. The van der Waals surface area contributed by atoms with E-state index in [0.29, 0.717) is 22.4 Å². The molecular formula is C18H22N2O3. The van der Waals surface area contributed by atoms with Gasteiger partial charge in [-0.3, -0.25) is 9.59 Å². The average Bonchev–Trinajstić information content (AvgIpc) is 2.52. The van der Waals surface area contributed by atoms with Crippen LogP contribution in [0.25, 0.3) is 11.1 Å². The molecule has 0 bridgehead atoms. The van der Waals surface area contributed by atoms with E-state index in [1.807, 2.05) is 6.07 Å². The fraction of sp³-hybridized carbons (Fsp3) is 0.333. The lowest BCUT2D eigenvalue weighted by atomic mass is 9.83. The molecular weight excluding hydrogens is 292 g/mol. The van der Waals surface area contributed by atoms with E-state index in [1.54, 1.807) is 38.6 Å². The van der Waals surface area contributed by atoms with Gasteiger partial charge in [-0.2, -0.15) is 0 Å². The predicted octanol–water partition coefficient (Wildman–Crippen LogP) is 2.71. The molecule has 1 amide bonds. The maximum absolute atomic E-state index is 12.3. The monoisotopic (exact) mass is 314 g/mol. The summed E-state index contributed by atoms with van der Waals surface area (Å²) in [6, 6.07) is 7.01. The molecule has 0 saturated carbocycles. The highest BCUT2D eigenvalue weighted by atomic mass is 16.5. The van der Waals surface area contributed by atoms with Crippen LogP contribution in [0.1, 0.15) is 36.7 Å². The van der Waals surface area contributed by atoms with Crippen LogP contribution in [0.15, 0.2) is 35.3 Å². The van der Waals surface area contributed by atoms with Gasteiger partial charge in [0.2, 0.25) is 0 Å². The van der Waals surface area contributed by atoms with E-state index in [9.17, 15) is 9.59 Å². The number of H-pyrrole nitrogens is 1. The number of carbonyl (C=O) groups is 1. The summed E-state index contributed by atoms with van der Waals surface area (Å²) in [4.78, 5) is 27.1. The number of methoxy groups -OCH3 is 1. The van der Waals surface area contributed by atoms with Crippen molar-refractivity contribution in [1.82, 2.24) is 10.3 Å². The second-order valence-electron chi connectivity index (χ2n) is 6.34. The molecule has 5 heteroatoms. The molecule has 1 aromatic heterocycles. The molecule has 1 aromatic carbocycles. The summed E-state index contributed by atoms with van der Waals surface area (Å²) in [5, 5.41) is 2.61. The van der Waals surface area contributed by atoms with Gasteiger partial charge in [-0.1, -0.05) is 20.8 Å². The van der Waals surface area contributed by atoms with Crippen molar-refractivity contribution in [3.8, 4) is 16.9 Å². The van der Waals surface area contributed by atoms with Crippen LogP contribution in [-0.4, -0.2) is 25.0 Å². The van der Waals surface area contributed by atoms with Gasteiger partial charge in [0.15, 0.2) is 0 Å². The molecule has 0 saturated heterocycles. The normalized spacial score (nSPS) is 11.2. The van der Waals surface area contributed by atoms with Gasteiger partial charge in [0.1, 0.15) is 5.75 Å². The van der Waals surface area contributed by atoms with Gasteiger partial charge in [0.25, 0.3) is 11.5 Å². The zero-order chi connectivity index (χ0) is 17.2. The zero-order valence-electron chi connectivity index (χ0n) is 14.1. The van der Waals surface area contributed by atoms with Gasteiger partial charge in [0, 0.05) is 29.9 Å². The Kier molecular flexibility index (Phi) is 4.59. The fourth-order valence-electron chi connectivity index (χ4n) is 2.51. The second-order valence-corrected chi connectivity index (χ2v) is 6.34. The smallest absolute Gasteiger partial charge is 0.255 e. The molecule has 1 heterocycles. The fourth-order valence-corrected chi connectivity index (χ4v) is 2.51. The van der Waals surface area contributed by atoms with Gasteiger partial charge >= 0.3 is 0 Å². The summed E-state index contributed by atoms with van der Waals surface area (Å²) < 4.78 is 5.46. The molecule has 23 heavy (non-hydrogen) atoms.